The summed E-state index contributed by atoms with van der Waals surface area (Å²) < 4.78 is 32.6. The first-order chi connectivity index (χ1) is 15.4. The van der Waals surface area contributed by atoms with Crippen molar-refractivity contribution in [3.8, 4) is 0 Å². The number of amidine groups is 1. The third-order valence-corrected chi connectivity index (χ3v) is 7.04. The molecule has 1 amide bonds. The molecule has 0 radical (unpaired) electrons. The van der Waals surface area contributed by atoms with E-state index in [1.807, 2.05) is 38.1 Å². The molecule has 8 heteroatoms. The maximum absolute atomic E-state index is 12.3. The van der Waals surface area contributed by atoms with Gasteiger partial charge in [-0.15, -0.1) is 0 Å². The monoisotopic (exact) mass is 453 g/mol. The zero-order valence-electron chi connectivity index (χ0n) is 18.2. The second kappa shape index (κ2) is 9.16. The van der Waals surface area contributed by atoms with Gasteiger partial charge in [0.05, 0.1) is 10.9 Å². The summed E-state index contributed by atoms with van der Waals surface area (Å²) in [5.74, 6) is 1.17. The second-order valence-corrected chi connectivity index (χ2v) is 9.67. The molecule has 2 N–H and O–H groups in total. The van der Waals surface area contributed by atoms with Gasteiger partial charge in [0.2, 0.25) is 5.91 Å². The highest BCUT2D eigenvalue weighted by Crippen LogP contribution is 2.29. The van der Waals surface area contributed by atoms with Crippen molar-refractivity contribution in [3.05, 3.63) is 65.4 Å². The molecule has 32 heavy (non-hydrogen) atoms. The lowest BCUT2D eigenvalue weighted by Gasteiger charge is -2.12. The molecular weight excluding hydrogens is 426 g/mol. The zero-order valence-corrected chi connectivity index (χ0v) is 19.0. The van der Waals surface area contributed by atoms with Gasteiger partial charge in [-0.05, 0) is 44.9 Å². The van der Waals surface area contributed by atoms with Gasteiger partial charge in [0.25, 0.3) is 10.0 Å². The second-order valence-electron chi connectivity index (χ2n) is 8.02. The van der Waals surface area contributed by atoms with Gasteiger partial charge < -0.3 is 9.73 Å². The SMILES string of the molecule is Cc1c(C(C)NC(=O)CCCCCN=C2NS(=O)(=O)c3ccccc32)oc2ccccc12. The van der Waals surface area contributed by atoms with Gasteiger partial charge in [-0.1, -0.05) is 36.8 Å². The van der Waals surface area contributed by atoms with Crippen LogP contribution in [-0.4, -0.2) is 26.7 Å². The first kappa shape index (κ1) is 22.1. The molecule has 1 unspecified atom stereocenters. The summed E-state index contributed by atoms with van der Waals surface area (Å²) in [7, 11) is -3.50. The van der Waals surface area contributed by atoms with Gasteiger partial charge in [-0.2, -0.15) is 0 Å². The Labute approximate surface area is 188 Å². The summed E-state index contributed by atoms with van der Waals surface area (Å²) in [5, 5.41) is 4.08. The van der Waals surface area contributed by atoms with Gasteiger partial charge in [-0.3, -0.25) is 14.5 Å². The van der Waals surface area contributed by atoms with Crippen LogP contribution < -0.4 is 10.0 Å². The molecule has 1 aliphatic rings. The van der Waals surface area contributed by atoms with Gasteiger partial charge in [0, 0.05) is 29.5 Å². The van der Waals surface area contributed by atoms with Crippen LogP contribution in [0, 0.1) is 6.92 Å². The molecule has 4 rings (SSSR count). The van der Waals surface area contributed by atoms with Crippen molar-refractivity contribution in [2.24, 2.45) is 4.99 Å². The van der Waals surface area contributed by atoms with E-state index in [-0.39, 0.29) is 16.8 Å². The molecule has 0 bridgehead atoms. The summed E-state index contributed by atoms with van der Waals surface area (Å²) in [5.41, 5.74) is 2.49. The minimum Gasteiger partial charge on any atom is -0.459 e. The highest BCUT2D eigenvalue weighted by molar-refractivity contribution is 7.90. The van der Waals surface area contributed by atoms with Gasteiger partial charge >= 0.3 is 0 Å². The van der Waals surface area contributed by atoms with Gasteiger partial charge in [0.1, 0.15) is 17.2 Å². The van der Waals surface area contributed by atoms with E-state index < -0.39 is 10.0 Å². The predicted octanol–water partition coefficient (Wildman–Crippen LogP) is 4.22. The quantitative estimate of drug-likeness (QED) is 0.499. The van der Waals surface area contributed by atoms with Crippen molar-refractivity contribution >= 4 is 32.7 Å². The summed E-state index contributed by atoms with van der Waals surface area (Å²) >= 11 is 0. The van der Waals surface area contributed by atoms with Crippen molar-refractivity contribution in [3.63, 3.8) is 0 Å². The number of sulfonamides is 1. The number of aryl methyl sites for hydroxylation is 1. The lowest BCUT2D eigenvalue weighted by molar-refractivity contribution is -0.122. The fourth-order valence-electron chi connectivity index (χ4n) is 4.00. The summed E-state index contributed by atoms with van der Waals surface area (Å²) in [6, 6.07) is 14.5. The van der Waals surface area contributed by atoms with Crippen molar-refractivity contribution in [1.82, 2.24) is 10.0 Å². The van der Waals surface area contributed by atoms with E-state index in [0.29, 0.717) is 24.4 Å². The molecule has 1 atom stereocenters. The Kier molecular flexibility index (Phi) is 6.32. The van der Waals surface area contributed by atoms with Crippen LogP contribution in [-0.2, 0) is 14.8 Å². The van der Waals surface area contributed by atoms with Gasteiger partial charge in [0.15, 0.2) is 0 Å². The minimum absolute atomic E-state index is 0.0128. The number of hydrogen-bond donors (Lipinski definition) is 2. The van der Waals surface area contributed by atoms with E-state index in [9.17, 15) is 13.2 Å². The van der Waals surface area contributed by atoms with E-state index >= 15 is 0 Å². The fraction of sp³-hybridized carbons (Fsp3) is 0.333. The van der Waals surface area contributed by atoms with E-state index in [1.165, 1.54) is 0 Å². The number of fused-ring (bicyclic) bond motifs is 2. The molecule has 0 fully saturated rings. The molecule has 1 aliphatic heterocycles. The first-order valence-corrected chi connectivity index (χ1v) is 12.3. The molecule has 7 nitrogen and oxygen atoms in total. The lowest BCUT2D eigenvalue weighted by atomic mass is 10.1. The van der Waals surface area contributed by atoms with Gasteiger partial charge in [-0.25, -0.2) is 8.42 Å². The van der Waals surface area contributed by atoms with Crippen LogP contribution >= 0.6 is 0 Å². The molecule has 0 saturated heterocycles. The number of para-hydroxylation sites is 1. The molecule has 3 aromatic rings. The molecule has 0 saturated carbocycles. The number of benzene rings is 2. The number of hydrogen-bond acceptors (Lipinski definition) is 5. The Bertz CT molecular complexity index is 1280. The molecule has 2 heterocycles. The maximum atomic E-state index is 12.3. The van der Waals surface area contributed by atoms with Crippen molar-refractivity contribution in [2.75, 3.05) is 6.54 Å². The highest BCUT2D eigenvalue weighted by Gasteiger charge is 2.29. The zero-order chi connectivity index (χ0) is 22.7. The standard InChI is InChI=1S/C24H27N3O4S/c1-16-18-10-5-7-12-20(18)31-23(16)17(2)26-22(28)14-4-3-9-15-25-24-19-11-6-8-13-21(19)32(29,30)27-24/h5-8,10-13,17H,3-4,9,14-15H2,1-2H3,(H,25,27)(H,26,28). The Morgan fingerprint density at radius 2 is 1.84 bits per heavy atom. The van der Waals surface area contributed by atoms with E-state index in [2.05, 4.69) is 15.0 Å². The Hall–Kier alpha value is -3.13. The summed E-state index contributed by atoms with van der Waals surface area (Å²) in [6.45, 7) is 4.44. The van der Waals surface area contributed by atoms with Crippen LogP contribution in [0.5, 0.6) is 0 Å². The highest BCUT2D eigenvalue weighted by atomic mass is 32.2. The number of carbonyl (C=O) groups is 1. The average molecular weight is 454 g/mol. The normalized spacial score (nSPS) is 16.6. The molecule has 0 spiro atoms. The average Bonchev–Trinajstić information content (AvgIpc) is 3.25. The molecule has 2 aromatic carbocycles. The topological polar surface area (TPSA) is 101 Å². The van der Waals surface area contributed by atoms with Crippen molar-refractivity contribution in [1.29, 1.82) is 0 Å². The number of aliphatic imine (C=N–C) groups is 1. The van der Waals surface area contributed by atoms with E-state index in [0.717, 1.165) is 41.6 Å². The maximum Gasteiger partial charge on any atom is 0.263 e. The minimum atomic E-state index is -3.50. The molecule has 168 valence electrons. The molecule has 1 aromatic heterocycles. The van der Waals surface area contributed by atoms with E-state index in [1.54, 1.807) is 24.3 Å². The smallest absolute Gasteiger partial charge is 0.263 e. The van der Waals surface area contributed by atoms with Crippen LogP contribution in [0.25, 0.3) is 11.0 Å². The van der Waals surface area contributed by atoms with Crippen LogP contribution in [0.1, 0.15) is 55.5 Å². The van der Waals surface area contributed by atoms with Crippen LogP contribution in [0.2, 0.25) is 0 Å². The van der Waals surface area contributed by atoms with Crippen molar-refractivity contribution in [2.45, 2.75) is 50.5 Å². The van der Waals surface area contributed by atoms with Crippen molar-refractivity contribution < 1.29 is 17.6 Å². The number of furan rings is 1. The first-order valence-electron chi connectivity index (χ1n) is 10.8. The number of nitrogens with zero attached hydrogens (tertiary/aromatic N) is 1. The fourth-order valence-corrected chi connectivity index (χ4v) is 5.25. The summed E-state index contributed by atoms with van der Waals surface area (Å²) in [4.78, 5) is 17.0. The Balaban J connectivity index is 1.22. The molecular formula is C24H27N3O4S. The van der Waals surface area contributed by atoms with Crippen LogP contribution in [0.4, 0.5) is 0 Å². The number of carbonyl (C=O) groups excluding carboxylic acids is 1. The molecule has 0 aliphatic carbocycles. The number of amides is 1. The van der Waals surface area contributed by atoms with Crippen LogP contribution in [0.15, 0.2) is 62.8 Å². The largest absolute Gasteiger partial charge is 0.459 e. The third-order valence-electron chi connectivity index (χ3n) is 5.65. The van der Waals surface area contributed by atoms with E-state index in [4.69, 9.17) is 4.42 Å². The summed E-state index contributed by atoms with van der Waals surface area (Å²) in [6.07, 6.45) is 2.77. The third kappa shape index (κ3) is 4.55. The van der Waals surface area contributed by atoms with Crippen LogP contribution in [0.3, 0.4) is 0 Å². The Morgan fingerprint density at radius 1 is 1.09 bits per heavy atom. The Morgan fingerprint density at radius 3 is 2.66 bits per heavy atom. The number of nitrogens with one attached hydrogen (secondary N) is 2. The lowest BCUT2D eigenvalue weighted by Crippen LogP contribution is -2.26. The predicted molar refractivity (Wildman–Crippen MR) is 124 cm³/mol. The number of rotatable bonds is 8. The number of unbranched alkanes of at least 4 members (excludes halogenated alkanes) is 2.